The molecule has 0 aliphatic rings. The maximum atomic E-state index is 12.8. The van der Waals surface area contributed by atoms with Crippen LogP contribution in [0.1, 0.15) is 311 Å². The molecule has 0 saturated heterocycles. The first-order chi connectivity index (χ1) is 30.6. The van der Waals surface area contributed by atoms with Crippen LogP contribution in [0.5, 0.6) is 0 Å². The van der Waals surface area contributed by atoms with Gasteiger partial charge in [0.05, 0.1) is 0 Å². The average Bonchev–Trinajstić information content (AvgIpc) is 3.25. The summed E-state index contributed by atoms with van der Waals surface area (Å²) in [4.78, 5) is 38.1. The summed E-state index contributed by atoms with van der Waals surface area (Å²) in [5, 5.41) is 0. The summed E-state index contributed by atoms with van der Waals surface area (Å²) in [6, 6.07) is 0. The van der Waals surface area contributed by atoms with Crippen LogP contribution in [-0.4, -0.2) is 37.2 Å². The highest BCUT2D eigenvalue weighted by atomic mass is 16.6. The highest BCUT2D eigenvalue weighted by molar-refractivity contribution is 5.71. The van der Waals surface area contributed by atoms with Crippen molar-refractivity contribution in [3.05, 3.63) is 0 Å². The van der Waals surface area contributed by atoms with E-state index in [4.69, 9.17) is 14.2 Å². The fourth-order valence-electron chi connectivity index (χ4n) is 8.61. The molecule has 0 saturated carbocycles. The lowest BCUT2D eigenvalue weighted by Gasteiger charge is -2.18. The van der Waals surface area contributed by atoms with Gasteiger partial charge < -0.3 is 14.2 Å². The molecular weight excluding hydrogens is 781 g/mol. The molecule has 0 rings (SSSR count). The number of rotatable bonds is 50. The van der Waals surface area contributed by atoms with E-state index in [1.807, 2.05) is 0 Å². The predicted molar refractivity (Wildman–Crippen MR) is 270 cm³/mol. The highest BCUT2D eigenvalue weighted by Crippen LogP contribution is 2.19. The lowest BCUT2D eigenvalue weighted by atomic mass is 9.99. The Morgan fingerprint density at radius 2 is 0.556 bits per heavy atom. The normalized spacial score (nSPS) is 12.6. The van der Waals surface area contributed by atoms with Gasteiger partial charge in [-0.2, -0.15) is 0 Å². The SMILES string of the molecule is CCC(C)CCCCCCCCCCCCCCCCC(=O)OC[C@@H](COC(=O)CCCCCCCCCCC(C)C)OC(=O)CCCCCCCCCCCCCCCC(C)C. The molecule has 0 aromatic carbocycles. The number of carbonyl (C=O) groups is 3. The van der Waals surface area contributed by atoms with Gasteiger partial charge in [0.1, 0.15) is 13.2 Å². The van der Waals surface area contributed by atoms with E-state index >= 15 is 0 Å². The second kappa shape index (κ2) is 48.3. The van der Waals surface area contributed by atoms with E-state index in [9.17, 15) is 14.4 Å². The molecule has 0 aromatic heterocycles. The molecule has 6 nitrogen and oxygen atoms in total. The summed E-state index contributed by atoms with van der Waals surface area (Å²) < 4.78 is 16.9. The van der Waals surface area contributed by atoms with Crippen molar-refractivity contribution in [2.24, 2.45) is 17.8 Å². The van der Waals surface area contributed by atoms with Crippen molar-refractivity contribution in [2.75, 3.05) is 13.2 Å². The van der Waals surface area contributed by atoms with Crippen molar-refractivity contribution >= 4 is 17.9 Å². The van der Waals surface area contributed by atoms with Gasteiger partial charge in [0.15, 0.2) is 6.10 Å². The molecule has 374 valence electrons. The van der Waals surface area contributed by atoms with Gasteiger partial charge in [-0.3, -0.25) is 14.4 Å². The zero-order valence-corrected chi connectivity index (χ0v) is 43.4. The van der Waals surface area contributed by atoms with E-state index in [1.165, 1.54) is 193 Å². The van der Waals surface area contributed by atoms with Crippen LogP contribution in [0.4, 0.5) is 0 Å². The van der Waals surface area contributed by atoms with Crippen molar-refractivity contribution in [1.82, 2.24) is 0 Å². The molecular formula is C57H110O6. The lowest BCUT2D eigenvalue weighted by Crippen LogP contribution is -2.30. The van der Waals surface area contributed by atoms with Crippen molar-refractivity contribution in [1.29, 1.82) is 0 Å². The van der Waals surface area contributed by atoms with Gasteiger partial charge in [-0.1, -0.05) is 273 Å². The van der Waals surface area contributed by atoms with E-state index in [-0.39, 0.29) is 31.1 Å². The summed E-state index contributed by atoms with van der Waals surface area (Å²) >= 11 is 0. The first-order valence-electron chi connectivity index (χ1n) is 28.1. The molecule has 0 radical (unpaired) electrons. The number of hydrogen-bond acceptors (Lipinski definition) is 6. The molecule has 0 spiro atoms. The third-order valence-electron chi connectivity index (χ3n) is 13.3. The smallest absolute Gasteiger partial charge is 0.306 e. The fourth-order valence-corrected chi connectivity index (χ4v) is 8.61. The van der Waals surface area contributed by atoms with Gasteiger partial charge >= 0.3 is 17.9 Å². The fraction of sp³-hybridized carbons (Fsp3) is 0.947. The Labute approximate surface area is 393 Å². The Bertz CT molecular complexity index is 978. The van der Waals surface area contributed by atoms with Crippen molar-refractivity contribution < 1.29 is 28.6 Å². The van der Waals surface area contributed by atoms with Crippen LogP contribution in [0.25, 0.3) is 0 Å². The summed E-state index contributed by atoms with van der Waals surface area (Å²) in [5.74, 6) is 1.68. The van der Waals surface area contributed by atoms with Crippen molar-refractivity contribution in [3.8, 4) is 0 Å². The van der Waals surface area contributed by atoms with Crippen LogP contribution in [0, 0.1) is 17.8 Å². The monoisotopic (exact) mass is 891 g/mol. The average molecular weight is 892 g/mol. The molecule has 1 unspecified atom stereocenters. The van der Waals surface area contributed by atoms with Gasteiger partial charge in [-0.25, -0.2) is 0 Å². The number of esters is 3. The summed E-state index contributed by atoms with van der Waals surface area (Å²) in [5.41, 5.74) is 0. The Balaban J connectivity index is 4.28. The van der Waals surface area contributed by atoms with E-state index in [0.29, 0.717) is 19.3 Å². The van der Waals surface area contributed by atoms with Crippen molar-refractivity contribution in [3.63, 3.8) is 0 Å². The minimum absolute atomic E-state index is 0.0641. The number of unbranched alkanes of at least 4 members (excludes halogenated alkanes) is 32. The lowest BCUT2D eigenvalue weighted by molar-refractivity contribution is -0.167. The molecule has 63 heavy (non-hydrogen) atoms. The Morgan fingerprint density at radius 1 is 0.317 bits per heavy atom. The Kier molecular flexibility index (Phi) is 47.1. The molecule has 0 aromatic rings. The van der Waals surface area contributed by atoms with E-state index < -0.39 is 6.10 Å². The quantitative estimate of drug-likeness (QED) is 0.0344. The second-order valence-corrected chi connectivity index (χ2v) is 20.8. The van der Waals surface area contributed by atoms with Gasteiger partial charge in [-0.15, -0.1) is 0 Å². The van der Waals surface area contributed by atoms with Crippen LogP contribution in [0.2, 0.25) is 0 Å². The van der Waals surface area contributed by atoms with Gasteiger partial charge in [0.2, 0.25) is 0 Å². The molecule has 2 atom stereocenters. The number of carbonyl (C=O) groups excluding carboxylic acids is 3. The van der Waals surface area contributed by atoms with Crippen LogP contribution in [-0.2, 0) is 28.6 Å². The molecule has 6 heteroatoms. The third kappa shape index (κ3) is 49.7. The Morgan fingerprint density at radius 3 is 0.825 bits per heavy atom. The predicted octanol–water partition coefficient (Wildman–Crippen LogP) is 18.3. The third-order valence-corrected chi connectivity index (χ3v) is 13.3. The molecule has 0 bridgehead atoms. The van der Waals surface area contributed by atoms with Crippen LogP contribution in [0.3, 0.4) is 0 Å². The van der Waals surface area contributed by atoms with Crippen molar-refractivity contribution in [2.45, 2.75) is 317 Å². The molecule has 0 N–H and O–H groups in total. The zero-order valence-electron chi connectivity index (χ0n) is 43.4. The maximum Gasteiger partial charge on any atom is 0.306 e. The standard InChI is InChI=1S/C57H110O6/c1-7-53(6)45-39-33-27-20-16-12-8-9-13-17-21-28-34-40-46-55(58)61-49-54(50-62-56(59)47-41-35-29-24-23-26-32-38-44-52(4)5)63-57(60)48-42-36-30-22-18-14-10-11-15-19-25-31-37-43-51(2)3/h51-54H,7-50H2,1-6H3/t53?,54-/m0/s1. The largest absolute Gasteiger partial charge is 0.462 e. The second-order valence-electron chi connectivity index (χ2n) is 20.8. The Hall–Kier alpha value is -1.59. The zero-order chi connectivity index (χ0) is 46.3. The summed E-state index contributed by atoms with van der Waals surface area (Å²) in [7, 11) is 0. The van der Waals surface area contributed by atoms with Crippen LogP contribution < -0.4 is 0 Å². The molecule has 0 aliphatic heterocycles. The minimum atomic E-state index is -0.763. The van der Waals surface area contributed by atoms with Crippen LogP contribution in [0.15, 0.2) is 0 Å². The molecule has 0 amide bonds. The highest BCUT2D eigenvalue weighted by Gasteiger charge is 2.19. The van der Waals surface area contributed by atoms with Gasteiger partial charge in [0.25, 0.3) is 0 Å². The maximum absolute atomic E-state index is 12.8. The number of hydrogen-bond donors (Lipinski definition) is 0. The topological polar surface area (TPSA) is 78.9 Å². The summed E-state index contributed by atoms with van der Waals surface area (Å²) in [6.45, 7) is 13.8. The molecule has 0 heterocycles. The van der Waals surface area contributed by atoms with Gasteiger partial charge in [-0.05, 0) is 37.0 Å². The minimum Gasteiger partial charge on any atom is -0.462 e. The van der Waals surface area contributed by atoms with Crippen LogP contribution >= 0.6 is 0 Å². The first kappa shape index (κ1) is 61.4. The summed E-state index contributed by atoms with van der Waals surface area (Å²) in [6.07, 6.45) is 49.5. The number of ether oxygens (including phenoxy) is 3. The van der Waals surface area contributed by atoms with E-state index in [1.54, 1.807) is 0 Å². The molecule has 0 fully saturated rings. The van der Waals surface area contributed by atoms with E-state index in [2.05, 4.69) is 41.5 Å². The first-order valence-corrected chi connectivity index (χ1v) is 28.1. The van der Waals surface area contributed by atoms with Gasteiger partial charge in [0, 0.05) is 19.3 Å². The molecule has 0 aliphatic carbocycles. The van der Waals surface area contributed by atoms with E-state index in [0.717, 1.165) is 75.5 Å².